The minimum Gasteiger partial charge on any atom is -0.460 e. The van der Waals surface area contributed by atoms with Crippen molar-refractivity contribution >= 4 is 17.5 Å². The van der Waals surface area contributed by atoms with Gasteiger partial charge in [-0.3, -0.25) is 9.59 Å². The minimum absolute atomic E-state index is 0.272. The van der Waals surface area contributed by atoms with Gasteiger partial charge in [0.15, 0.2) is 0 Å². The Bertz CT molecular complexity index is 258. The summed E-state index contributed by atoms with van der Waals surface area (Å²) in [7, 11) is 0. The van der Waals surface area contributed by atoms with E-state index in [4.69, 9.17) is 4.74 Å². The molecule has 0 radical (unpaired) electrons. The average Bonchev–Trinajstić information content (AvgIpc) is 2.26. The van der Waals surface area contributed by atoms with Crippen molar-refractivity contribution in [2.75, 3.05) is 6.61 Å². The van der Waals surface area contributed by atoms with Crippen LogP contribution in [0, 0.1) is 0 Å². The molecule has 4 heteroatoms. The molecule has 0 N–H and O–H groups in total. The molecule has 98 valence electrons. The van der Waals surface area contributed by atoms with Crippen LogP contribution < -0.4 is 0 Å². The zero-order valence-electron chi connectivity index (χ0n) is 10.8. The van der Waals surface area contributed by atoms with Crippen molar-refractivity contribution in [2.45, 2.75) is 58.8 Å². The average molecular weight is 242 g/mol. The van der Waals surface area contributed by atoms with Crippen LogP contribution in [0.15, 0.2) is 0 Å². The fraction of sp³-hybridized carbons (Fsp3) is 0.769. The quantitative estimate of drug-likeness (QED) is 0.255. The van der Waals surface area contributed by atoms with Gasteiger partial charge >= 0.3 is 5.97 Å². The lowest BCUT2D eigenvalue weighted by molar-refractivity contribution is -0.154. The summed E-state index contributed by atoms with van der Waals surface area (Å²) >= 11 is 0. The fourth-order valence-electron chi connectivity index (χ4n) is 1.43. The molecule has 0 heterocycles. The number of ether oxygens (including phenoxy) is 1. The zero-order valence-corrected chi connectivity index (χ0v) is 10.8. The number of esters is 1. The molecule has 0 aromatic heterocycles. The van der Waals surface area contributed by atoms with E-state index in [2.05, 4.69) is 6.92 Å². The Balaban J connectivity index is 3.45. The fourth-order valence-corrected chi connectivity index (χ4v) is 1.43. The van der Waals surface area contributed by atoms with Crippen LogP contribution in [0.4, 0.5) is 0 Å². The second kappa shape index (κ2) is 10.00. The molecule has 0 saturated carbocycles. The standard InChI is InChI=1S/C13H22O4/c1-3-4-5-6-7-8-9-17-13(16)12(15)10-11(2)14/h3-10H2,1-2H3. The molecule has 0 bridgehead atoms. The maximum atomic E-state index is 11.1. The molecule has 0 unspecified atom stereocenters. The lowest BCUT2D eigenvalue weighted by atomic mass is 10.1. The van der Waals surface area contributed by atoms with Crippen molar-refractivity contribution in [1.82, 2.24) is 0 Å². The Morgan fingerprint density at radius 2 is 1.53 bits per heavy atom. The SMILES string of the molecule is CCCCCCCCOC(=O)C(=O)CC(C)=O. The Hall–Kier alpha value is -1.19. The predicted molar refractivity (Wildman–Crippen MR) is 64.6 cm³/mol. The van der Waals surface area contributed by atoms with Gasteiger partial charge in [0.05, 0.1) is 13.0 Å². The van der Waals surface area contributed by atoms with Crippen LogP contribution in [0.2, 0.25) is 0 Å². The minimum atomic E-state index is -0.881. The second-order valence-electron chi connectivity index (χ2n) is 4.21. The first-order valence-electron chi connectivity index (χ1n) is 6.27. The van der Waals surface area contributed by atoms with Crippen LogP contribution >= 0.6 is 0 Å². The molecule has 0 rings (SSSR count). The normalized spacial score (nSPS) is 10.0. The van der Waals surface area contributed by atoms with Crippen molar-refractivity contribution in [3.8, 4) is 0 Å². The van der Waals surface area contributed by atoms with Gasteiger partial charge in [-0.15, -0.1) is 0 Å². The Kier molecular flexibility index (Phi) is 9.30. The van der Waals surface area contributed by atoms with Gasteiger partial charge in [0.2, 0.25) is 5.78 Å². The van der Waals surface area contributed by atoms with E-state index in [9.17, 15) is 14.4 Å². The molecule has 0 fully saturated rings. The van der Waals surface area contributed by atoms with Gasteiger partial charge < -0.3 is 4.74 Å². The van der Waals surface area contributed by atoms with E-state index in [0.29, 0.717) is 0 Å². The third-order valence-electron chi connectivity index (χ3n) is 2.37. The van der Waals surface area contributed by atoms with E-state index in [1.165, 1.54) is 26.2 Å². The first kappa shape index (κ1) is 15.8. The van der Waals surface area contributed by atoms with Gasteiger partial charge in [-0.1, -0.05) is 39.0 Å². The van der Waals surface area contributed by atoms with Gasteiger partial charge in [-0.25, -0.2) is 4.79 Å². The Labute approximate surface area is 103 Å². The Morgan fingerprint density at radius 3 is 2.12 bits per heavy atom. The van der Waals surface area contributed by atoms with E-state index >= 15 is 0 Å². The number of carbonyl (C=O) groups excluding carboxylic acids is 3. The summed E-state index contributed by atoms with van der Waals surface area (Å²) in [5.41, 5.74) is 0. The van der Waals surface area contributed by atoms with Crippen LogP contribution in [0.1, 0.15) is 58.8 Å². The smallest absolute Gasteiger partial charge is 0.375 e. The van der Waals surface area contributed by atoms with Gasteiger partial charge in [0.1, 0.15) is 5.78 Å². The van der Waals surface area contributed by atoms with E-state index < -0.39 is 11.8 Å². The van der Waals surface area contributed by atoms with Crippen LogP contribution in [0.3, 0.4) is 0 Å². The summed E-state index contributed by atoms with van der Waals surface area (Å²) in [5.74, 6) is -1.94. The van der Waals surface area contributed by atoms with Crippen molar-refractivity contribution in [3.05, 3.63) is 0 Å². The summed E-state index contributed by atoms with van der Waals surface area (Å²) < 4.78 is 4.77. The van der Waals surface area contributed by atoms with Crippen molar-refractivity contribution in [2.24, 2.45) is 0 Å². The van der Waals surface area contributed by atoms with Crippen LogP contribution in [0.25, 0.3) is 0 Å². The highest BCUT2D eigenvalue weighted by Crippen LogP contribution is 2.05. The first-order chi connectivity index (χ1) is 8.07. The van der Waals surface area contributed by atoms with E-state index in [-0.39, 0.29) is 18.8 Å². The molecule has 17 heavy (non-hydrogen) atoms. The molecule has 0 aliphatic heterocycles. The van der Waals surface area contributed by atoms with Gasteiger partial charge in [0, 0.05) is 0 Å². The van der Waals surface area contributed by atoms with Crippen LogP contribution in [-0.2, 0) is 19.1 Å². The highest BCUT2D eigenvalue weighted by Gasteiger charge is 2.16. The molecule has 0 saturated heterocycles. The highest BCUT2D eigenvalue weighted by atomic mass is 16.5. The summed E-state index contributed by atoms with van der Waals surface area (Å²) in [5, 5.41) is 0. The molecule has 0 amide bonds. The van der Waals surface area contributed by atoms with Crippen LogP contribution in [-0.4, -0.2) is 24.1 Å². The molecule has 0 aromatic carbocycles. The van der Waals surface area contributed by atoms with Gasteiger partial charge in [-0.05, 0) is 13.3 Å². The van der Waals surface area contributed by atoms with E-state index in [1.54, 1.807) is 0 Å². The van der Waals surface area contributed by atoms with Crippen LogP contribution in [0.5, 0.6) is 0 Å². The van der Waals surface area contributed by atoms with Gasteiger partial charge in [-0.2, -0.15) is 0 Å². The number of unbranched alkanes of at least 4 members (excludes halogenated alkanes) is 5. The summed E-state index contributed by atoms with van der Waals surface area (Å²) in [6.07, 6.45) is 6.21. The molecule has 0 spiro atoms. The van der Waals surface area contributed by atoms with Gasteiger partial charge in [0.25, 0.3) is 0 Å². The third-order valence-corrected chi connectivity index (χ3v) is 2.37. The van der Waals surface area contributed by atoms with E-state index in [1.807, 2.05) is 0 Å². The number of Topliss-reactive ketones (excluding diaryl/α,β-unsaturated/α-hetero) is 2. The number of hydrogen-bond acceptors (Lipinski definition) is 4. The number of ketones is 2. The number of rotatable bonds is 10. The maximum Gasteiger partial charge on any atom is 0.375 e. The summed E-state index contributed by atoms with van der Waals surface area (Å²) in [6, 6.07) is 0. The van der Waals surface area contributed by atoms with Crippen molar-refractivity contribution in [1.29, 1.82) is 0 Å². The summed E-state index contributed by atoms with van der Waals surface area (Å²) in [4.78, 5) is 32.8. The largest absolute Gasteiger partial charge is 0.460 e. The molecule has 0 aliphatic carbocycles. The topological polar surface area (TPSA) is 60.4 Å². The molecule has 4 nitrogen and oxygen atoms in total. The van der Waals surface area contributed by atoms with E-state index in [0.717, 1.165) is 19.3 Å². The maximum absolute atomic E-state index is 11.1. The zero-order chi connectivity index (χ0) is 13.1. The predicted octanol–water partition coefficient (Wildman–Crippen LogP) is 2.44. The monoisotopic (exact) mass is 242 g/mol. The number of carbonyl (C=O) groups is 3. The molecular formula is C13H22O4. The molecule has 0 aromatic rings. The highest BCUT2D eigenvalue weighted by molar-refractivity contribution is 6.36. The second-order valence-corrected chi connectivity index (χ2v) is 4.21. The molecule has 0 aliphatic rings. The lowest BCUT2D eigenvalue weighted by Gasteiger charge is -2.03. The van der Waals surface area contributed by atoms with Crippen molar-refractivity contribution in [3.63, 3.8) is 0 Å². The first-order valence-corrected chi connectivity index (χ1v) is 6.27. The number of hydrogen-bond donors (Lipinski definition) is 0. The van der Waals surface area contributed by atoms with Crippen molar-refractivity contribution < 1.29 is 19.1 Å². The summed E-state index contributed by atoms with van der Waals surface area (Å²) in [6.45, 7) is 3.70. The lowest BCUT2D eigenvalue weighted by Crippen LogP contribution is -2.20. The molecular weight excluding hydrogens is 220 g/mol. The Morgan fingerprint density at radius 1 is 0.941 bits per heavy atom. The third kappa shape index (κ3) is 9.72. The molecule has 0 atom stereocenters.